The van der Waals surface area contributed by atoms with Crippen LogP contribution in [0, 0.1) is 0 Å². The summed E-state index contributed by atoms with van der Waals surface area (Å²) in [5.74, 6) is 0.0196. The number of piperidine rings is 1. The lowest BCUT2D eigenvalue weighted by atomic mass is 10.0. The minimum absolute atomic E-state index is 0.101. The third kappa shape index (κ3) is 10.0. The Morgan fingerprint density at radius 3 is 2.34 bits per heavy atom. The van der Waals surface area contributed by atoms with Crippen LogP contribution >= 0.6 is 0 Å². The van der Waals surface area contributed by atoms with Crippen molar-refractivity contribution in [1.82, 2.24) is 34.5 Å². The van der Waals surface area contributed by atoms with E-state index in [-0.39, 0.29) is 49.3 Å². The number of imide groups is 1. The van der Waals surface area contributed by atoms with E-state index in [1.165, 1.54) is 4.90 Å². The molecule has 19 nitrogen and oxygen atoms in total. The zero-order chi connectivity index (χ0) is 44.4. The Balaban J connectivity index is 0.714. The quantitative estimate of drug-likeness (QED) is 0.0650. The van der Waals surface area contributed by atoms with E-state index in [0.29, 0.717) is 105 Å². The van der Waals surface area contributed by atoms with Gasteiger partial charge in [0, 0.05) is 72.6 Å². The van der Waals surface area contributed by atoms with Gasteiger partial charge in [0.05, 0.1) is 52.3 Å². The Bertz CT molecular complexity index is 2480. The van der Waals surface area contributed by atoms with Crippen LogP contribution in [0.15, 0.2) is 79.3 Å². The van der Waals surface area contributed by atoms with Crippen LogP contribution in [0.2, 0.25) is 0 Å². The highest BCUT2D eigenvalue weighted by atomic mass is 16.6. The number of benzene rings is 2. The number of imidazole rings is 1. The second-order valence-electron chi connectivity index (χ2n) is 15.4. The fourth-order valence-electron chi connectivity index (χ4n) is 8.17. The molecule has 5 amide bonds. The van der Waals surface area contributed by atoms with Gasteiger partial charge in [-0.1, -0.05) is 24.3 Å². The lowest BCUT2D eigenvalue weighted by Gasteiger charge is -2.29. The van der Waals surface area contributed by atoms with Crippen molar-refractivity contribution in [2.75, 3.05) is 82.3 Å². The zero-order valence-electron chi connectivity index (χ0n) is 35.2. The average molecular weight is 875 g/mol. The minimum Gasteiger partial charge on any atom is -0.382 e. The maximum atomic E-state index is 13.4. The topological polar surface area (TPSA) is 234 Å². The highest BCUT2D eigenvalue weighted by molar-refractivity contribution is 6.06. The van der Waals surface area contributed by atoms with Gasteiger partial charge in [-0.05, 0) is 55.7 Å². The average Bonchev–Trinajstić information content (AvgIpc) is 4.04. The van der Waals surface area contributed by atoms with E-state index in [2.05, 4.69) is 25.9 Å². The number of hydrogen-bond donors (Lipinski definition) is 4. The van der Waals surface area contributed by atoms with Gasteiger partial charge in [0.15, 0.2) is 0 Å². The summed E-state index contributed by atoms with van der Waals surface area (Å²) in [5.41, 5.74) is 11.0. The zero-order valence-corrected chi connectivity index (χ0v) is 35.2. The van der Waals surface area contributed by atoms with Crippen molar-refractivity contribution < 1.29 is 42.9 Å². The molecule has 5 N–H and O–H groups in total. The molecule has 3 aliphatic heterocycles. The summed E-state index contributed by atoms with van der Waals surface area (Å²) in [7, 11) is 0. The van der Waals surface area contributed by atoms with Gasteiger partial charge in [-0.25, -0.2) is 15.0 Å². The van der Waals surface area contributed by atoms with Gasteiger partial charge in [0.2, 0.25) is 17.7 Å². The van der Waals surface area contributed by atoms with E-state index in [0.717, 1.165) is 29.7 Å². The van der Waals surface area contributed by atoms with Crippen LogP contribution in [0.3, 0.4) is 0 Å². The molecule has 3 aliphatic rings. The summed E-state index contributed by atoms with van der Waals surface area (Å²) in [5, 5.41) is 8.44. The normalized spacial score (nSPS) is 17.2. The van der Waals surface area contributed by atoms with Gasteiger partial charge in [0.25, 0.3) is 11.8 Å². The van der Waals surface area contributed by atoms with E-state index < -0.39 is 11.9 Å². The fourth-order valence-corrected chi connectivity index (χ4v) is 8.17. The van der Waals surface area contributed by atoms with E-state index in [4.69, 9.17) is 29.7 Å². The van der Waals surface area contributed by atoms with E-state index in [9.17, 15) is 24.0 Å². The monoisotopic (exact) mass is 874 g/mol. The number of likely N-dealkylation sites (tertiary alicyclic amines) is 1. The number of carbonyl (C=O) groups excluding carboxylic acids is 5. The first kappa shape index (κ1) is 43.8. The molecule has 2 saturated heterocycles. The summed E-state index contributed by atoms with van der Waals surface area (Å²) in [6.07, 6.45) is 7.06. The predicted molar refractivity (Wildman–Crippen MR) is 233 cm³/mol. The van der Waals surface area contributed by atoms with Crippen molar-refractivity contribution in [2.45, 2.75) is 44.3 Å². The van der Waals surface area contributed by atoms with Gasteiger partial charge in [0.1, 0.15) is 41.3 Å². The van der Waals surface area contributed by atoms with Gasteiger partial charge < -0.3 is 45.1 Å². The predicted octanol–water partition coefficient (Wildman–Crippen LogP) is 3.23. The smallest absolute Gasteiger partial charge is 0.256 e. The number of anilines is 3. The molecule has 334 valence electrons. The summed E-state index contributed by atoms with van der Waals surface area (Å²) >= 11 is 0. The lowest BCUT2D eigenvalue weighted by Crippen LogP contribution is -2.52. The van der Waals surface area contributed by atoms with Crippen LogP contribution in [-0.2, 0) is 39.9 Å². The largest absolute Gasteiger partial charge is 0.382 e. The maximum Gasteiger partial charge on any atom is 0.256 e. The lowest BCUT2D eigenvalue weighted by molar-refractivity contribution is -0.138. The van der Waals surface area contributed by atoms with Crippen molar-refractivity contribution in [3.63, 3.8) is 0 Å². The SMILES string of the molecule is Nc1nccn2c([C@@H]3CCCN3C(=O)COCCOCCOCCOCCNc3cccc4c3CN(C3CCC(=O)NC3=O)C4=O)nc(-c3ccc(C(=O)Nc4ccccn4)cc3)c12. The Morgan fingerprint density at radius 2 is 1.59 bits per heavy atom. The number of ether oxygens (including phenoxy) is 4. The Hall–Kier alpha value is -6.80. The molecule has 0 radical (unpaired) electrons. The molecule has 6 heterocycles. The molecule has 8 rings (SSSR count). The van der Waals surface area contributed by atoms with Crippen molar-refractivity contribution in [3.05, 3.63) is 102 Å². The molecular weight excluding hydrogens is 825 g/mol. The molecule has 0 spiro atoms. The molecule has 0 saturated carbocycles. The van der Waals surface area contributed by atoms with Crippen LogP contribution in [-0.4, -0.2) is 131 Å². The molecule has 5 aromatic rings. The number of rotatable bonds is 20. The van der Waals surface area contributed by atoms with Gasteiger partial charge >= 0.3 is 0 Å². The molecule has 2 fully saturated rings. The summed E-state index contributed by atoms with van der Waals surface area (Å²) in [6, 6.07) is 16.8. The number of amides is 5. The number of nitrogen functional groups attached to an aromatic ring is 1. The summed E-state index contributed by atoms with van der Waals surface area (Å²) < 4.78 is 24.5. The number of nitrogens with one attached hydrogen (secondary N) is 3. The fraction of sp³-hybridized carbons (Fsp3) is 0.378. The van der Waals surface area contributed by atoms with Crippen LogP contribution in [0.5, 0.6) is 0 Å². The second kappa shape index (κ2) is 20.6. The van der Waals surface area contributed by atoms with Crippen molar-refractivity contribution >= 4 is 52.4 Å². The molecular formula is C45H50N10O9. The maximum absolute atomic E-state index is 13.4. The van der Waals surface area contributed by atoms with E-state index in [1.54, 1.807) is 66.0 Å². The molecule has 1 unspecified atom stereocenters. The molecule has 0 bridgehead atoms. The molecule has 2 aromatic carbocycles. The number of hydrogen-bond acceptors (Lipinski definition) is 14. The number of carbonyl (C=O) groups is 5. The molecule has 3 aromatic heterocycles. The minimum atomic E-state index is -0.662. The first-order valence-electron chi connectivity index (χ1n) is 21.3. The highest BCUT2D eigenvalue weighted by Crippen LogP contribution is 2.37. The van der Waals surface area contributed by atoms with Crippen LogP contribution in [0.1, 0.15) is 63.8 Å². The number of nitrogens with zero attached hydrogens (tertiary/aromatic N) is 6. The van der Waals surface area contributed by atoms with Gasteiger partial charge in [-0.3, -0.25) is 33.7 Å². The number of aromatic nitrogens is 4. The van der Waals surface area contributed by atoms with Crippen LogP contribution in [0.25, 0.3) is 16.8 Å². The van der Waals surface area contributed by atoms with Crippen LogP contribution in [0.4, 0.5) is 17.3 Å². The summed E-state index contributed by atoms with van der Waals surface area (Å²) in [4.78, 5) is 80.1. The third-order valence-electron chi connectivity index (χ3n) is 11.3. The first-order chi connectivity index (χ1) is 31.3. The van der Waals surface area contributed by atoms with E-state index >= 15 is 0 Å². The van der Waals surface area contributed by atoms with Crippen molar-refractivity contribution in [1.29, 1.82) is 0 Å². The molecule has 19 heteroatoms. The number of pyridine rings is 1. The van der Waals surface area contributed by atoms with Gasteiger partial charge in [-0.2, -0.15) is 0 Å². The first-order valence-corrected chi connectivity index (χ1v) is 21.3. The van der Waals surface area contributed by atoms with E-state index in [1.807, 2.05) is 22.6 Å². The summed E-state index contributed by atoms with van der Waals surface area (Å²) in [6.45, 7) is 3.72. The number of fused-ring (bicyclic) bond motifs is 2. The van der Waals surface area contributed by atoms with Crippen molar-refractivity contribution in [2.24, 2.45) is 0 Å². The molecule has 64 heavy (non-hydrogen) atoms. The van der Waals surface area contributed by atoms with Crippen LogP contribution < -0.4 is 21.7 Å². The Morgan fingerprint density at radius 1 is 0.828 bits per heavy atom. The third-order valence-corrected chi connectivity index (χ3v) is 11.3. The molecule has 0 aliphatic carbocycles. The highest BCUT2D eigenvalue weighted by Gasteiger charge is 2.40. The Kier molecular flexibility index (Phi) is 14.1. The molecule has 2 atom stereocenters. The second-order valence-corrected chi connectivity index (χ2v) is 15.4. The van der Waals surface area contributed by atoms with Gasteiger partial charge in [-0.15, -0.1) is 0 Å². The Labute approximate surface area is 368 Å². The van der Waals surface area contributed by atoms with Crippen molar-refractivity contribution in [3.8, 4) is 11.3 Å². The standard InChI is InChI=1S/C45H50N10O9/c46-41-40-39(29-9-11-30(12-10-29)43(58)50-36-8-1-2-15-48-36)52-42(54(40)19-16-49-41)34-7-4-18-53(34)38(57)28-64-26-25-63-24-23-62-22-21-61-20-17-47-33-6-3-5-31-32(33)27-55(45(31)60)35-13-14-37(56)51-44(35)59/h1-3,5-6,8-12,15-16,19,34-35,47H,4,7,13-14,17-18,20-28H2,(H2,46,49)(H,48,50,58)(H,51,56,59)/t34-,35?/m0/s1. The number of nitrogens with two attached hydrogens (primary N) is 1.